The van der Waals surface area contributed by atoms with Crippen LogP contribution in [0.4, 0.5) is 17.2 Å². The number of carbonyl (C=O) groups excluding carboxylic acids is 2. The highest BCUT2D eigenvalue weighted by Gasteiger charge is 2.44. The van der Waals surface area contributed by atoms with Crippen LogP contribution in [0.15, 0.2) is 36.4 Å². The fraction of sp³-hybridized carbons (Fsp3) is 0.486. The highest BCUT2D eigenvalue weighted by atomic mass is 16.5. The summed E-state index contributed by atoms with van der Waals surface area (Å²) < 4.78 is 4.95. The number of nitrogens with zero attached hydrogens (tertiary/aromatic N) is 5. The van der Waals surface area contributed by atoms with E-state index in [4.69, 9.17) is 14.7 Å². The van der Waals surface area contributed by atoms with Gasteiger partial charge in [0.2, 0.25) is 0 Å². The smallest absolute Gasteiger partial charge is 0.339 e. The normalized spacial score (nSPS) is 17.2. The standard InChI is InChI=1S/C35H45N5O3/c1-10-35(11-2)21-39(26-13-12-22(3)23(4)18-26)28-15-14-27(37-31(28)35)32(41)40-17-16-38(20-34(40,7)8)29-19-24(5)30(25(6)36-29)33(42)43-9/h12-15,18-19H,10-11,16-17,20-21H2,1-9H3. The Morgan fingerprint density at radius 2 is 1.60 bits per heavy atom. The second-order valence-corrected chi connectivity index (χ2v) is 12.8. The lowest BCUT2D eigenvalue weighted by Crippen LogP contribution is -2.61. The van der Waals surface area contributed by atoms with Gasteiger partial charge < -0.3 is 19.4 Å². The van der Waals surface area contributed by atoms with Crippen LogP contribution in [0.3, 0.4) is 0 Å². The lowest BCUT2D eigenvalue weighted by atomic mass is 9.80. The van der Waals surface area contributed by atoms with Crippen LogP contribution < -0.4 is 9.80 Å². The Labute approximate surface area is 256 Å². The molecule has 0 atom stereocenters. The maximum Gasteiger partial charge on any atom is 0.339 e. The third kappa shape index (κ3) is 5.25. The molecule has 1 saturated heterocycles. The fourth-order valence-corrected chi connectivity index (χ4v) is 6.82. The number of aromatic nitrogens is 2. The number of fused-ring (bicyclic) bond motifs is 1. The van der Waals surface area contributed by atoms with Crippen molar-refractivity contribution in [2.75, 3.05) is 43.1 Å². The van der Waals surface area contributed by atoms with E-state index < -0.39 is 5.54 Å². The largest absolute Gasteiger partial charge is 0.465 e. The summed E-state index contributed by atoms with van der Waals surface area (Å²) in [5.41, 5.74) is 7.75. The highest BCUT2D eigenvalue weighted by molar-refractivity contribution is 5.94. The van der Waals surface area contributed by atoms with Gasteiger partial charge in [-0.3, -0.25) is 4.79 Å². The Kier molecular flexibility index (Phi) is 8.01. The Balaban J connectivity index is 1.42. The average Bonchev–Trinajstić information content (AvgIpc) is 3.31. The van der Waals surface area contributed by atoms with Crippen molar-refractivity contribution in [3.63, 3.8) is 0 Å². The first-order valence-corrected chi connectivity index (χ1v) is 15.4. The van der Waals surface area contributed by atoms with Gasteiger partial charge in [-0.1, -0.05) is 19.9 Å². The molecule has 4 heterocycles. The molecule has 5 rings (SSSR count). The number of piperazine rings is 1. The lowest BCUT2D eigenvalue weighted by Gasteiger charge is -2.47. The molecule has 8 nitrogen and oxygen atoms in total. The molecule has 0 spiro atoms. The number of hydrogen-bond acceptors (Lipinski definition) is 7. The zero-order valence-electron chi connectivity index (χ0n) is 27.2. The topological polar surface area (TPSA) is 78.9 Å². The van der Waals surface area contributed by atoms with Crippen LogP contribution in [0.1, 0.15) is 89.5 Å². The van der Waals surface area contributed by atoms with Gasteiger partial charge in [-0.15, -0.1) is 0 Å². The van der Waals surface area contributed by atoms with Crippen LogP contribution in [-0.4, -0.2) is 65.6 Å². The van der Waals surface area contributed by atoms with Crippen LogP contribution in [0.5, 0.6) is 0 Å². The molecule has 228 valence electrons. The first kappa shape index (κ1) is 30.5. The molecule has 1 fully saturated rings. The summed E-state index contributed by atoms with van der Waals surface area (Å²) in [4.78, 5) is 42.7. The molecule has 8 heteroatoms. The molecule has 3 aromatic rings. The van der Waals surface area contributed by atoms with Crippen molar-refractivity contribution in [2.45, 2.75) is 79.2 Å². The summed E-state index contributed by atoms with van der Waals surface area (Å²) in [6, 6.07) is 12.6. The Morgan fingerprint density at radius 3 is 2.21 bits per heavy atom. The van der Waals surface area contributed by atoms with E-state index in [9.17, 15) is 9.59 Å². The number of hydrogen-bond donors (Lipinski definition) is 0. The minimum atomic E-state index is -0.460. The van der Waals surface area contributed by atoms with Crippen molar-refractivity contribution < 1.29 is 14.3 Å². The first-order valence-electron chi connectivity index (χ1n) is 15.4. The van der Waals surface area contributed by atoms with Gasteiger partial charge >= 0.3 is 5.97 Å². The monoisotopic (exact) mass is 583 g/mol. The molecule has 0 N–H and O–H groups in total. The lowest BCUT2D eigenvalue weighted by molar-refractivity contribution is 0.0505. The average molecular weight is 584 g/mol. The first-order chi connectivity index (χ1) is 20.4. The van der Waals surface area contributed by atoms with E-state index in [1.54, 1.807) is 0 Å². The zero-order chi connectivity index (χ0) is 31.3. The number of pyridine rings is 2. The van der Waals surface area contributed by atoms with E-state index in [1.165, 1.54) is 23.9 Å². The second-order valence-electron chi connectivity index (χ2n) is 12.8. The van der Waals surface area contributed by atoms with E-state index >= 15 is 0 Å². The molecule has 2 aliphatic rings. The van der Waals surface area contributed by atoms with Crippen LogP contribution >= 0.6 is 0 Å². The Hall–Kier alpha value is -3.94. The number of aryl methyl sites for hydroxylation is 4. The molecule has 0 saturated carbocycles. The number of anilines is 3. The molecular weight excluding hydrogens is 538 g/mol. The summed E-state index contributed by atoms with van der Waals surface area (Å²) in [6.07, 6.45) is 1.90. The van der Waals surface area contributed by atoms with Crippen molar-refractivity contribution in [2.24, 2.45) is 0 Å². The number of ether oxygens (including phenoxy) is 1. The number of esters is 1. The summed E-state index contributed by atoms with van der Waals surface area (Å²) in [6.45, 7) is 19.3. The molecule has 1 amide bonds. The maximum absolute atomic E-state index is 14.1. The van der Waals surface area contributed by atoms with Crippen LogP contribution in [-0.2, 0) is 10.2 Å². The van der Waals surface area contributed by atoms with Crippen molar-refractivity contribution in [3.8, 4) is 0 Å². The minimum absolute atomic E-state index is 0.0421. The van der Waals surface area contributed by atoms with Gasteiger partial charge in [-0.05, 0) is 101 Å². The van der Waals surface area contributed by atoms with E-state index in [-0.39, 0.29) is 17.3 Å². The van der Waals surface area contributed by atoms with E-state index in [0.717, 1.165) is 42.1 Å². The number of benzene rings is 1. The van der Waals surface area contributed by atoms with Gasteiger partial charge in [0.1, 0.15) is 11.5 Å². The Bertz CT molecular complexity index is 1550. The van der Waals surface area contributed by atoms with Gasteiger partial charge in [0.05, 0.1) is 35.3 Å². The molecule has 0 aliphatic carbocycles. The molecule has 0 radical (unpaired) electrons. The van der Waals surface area contributed by atoms with Gasteiger partial charge in [0, 0.05) is 37.3 Å². The van der Waals surface area contributed by atoms with E-state index in [1.807, 2.05) is 30.9 Å². The van der Waals surface area contributed by atoms with Crippen LogP contribution in [0, 0.1) is 27.7 Å². The number of amides is 1. The molecule has 1 aromatic carbocycles. The molecule has 0 bridgehead atoms. The second kappa shape index (κ2) is 11.3. The molecule has 2 aliphatic heterocycles. The van der Waals surface area contributed by atoms with Crippen LogP contribution in [0.2, 0.25) is 0 Å². The number of methoxy groups -OCH3 is 1. The number of carbonyl (C=O) groups is 2. The highest BCUT2D eigenvalue weighted by Crippen LogP contribution is 2.47. The SMILES string of the molecule is CCC1(CC)CN(c2ccc(C)c(C)c2)c2ccc(C(=O)N3CCN(c4cc(C)c(C(=O)OC)c(C)n4)CC3(C)C)nc21. The maximum atomic E-state index is 14.1. The quantitative estimate of drug-likeness (QED) is 0.309. The Morgan fingerprint density at radius 1 is 0.884 bits per heavy atom. The third-order valence-electron chi connectivity index (χ3n) is 9.75. The summed E-state index contributed by atoms with van der Waals surface area (Å²) in [5.74, 6) is 0.388. The van der Waals surface area contributed by atoms with Gasteiger partial charge in [0.25, 0.3) is 5.91 Å². The molecule has 0 unspecified atom stereocenters. The summed E-state index contributed by atoms with van der Waals surface area (Å²) in [5, 5.41) is 0. The predicted octanol–water partition coefficient (Wildman–Crippen LogP) is 6.45. The predicted molar refractivity (Wildman–Crippen MR) is 172 cm³/mol. The van der Waals surface area contributed by atoms with Crippen LogP contribution in [0.25, 0.3) is 0 Å². The minimum Gasteiger partial charge on any atom is -0.465 e. The van der Waals surface area contributed by atoms with Crippen molar-refractivity contribution >= 4 is 29.1 Å². The van der Waals surface area contributed by atoms with Gasteiger partial charge in [-0.25, -0.2) is 14.8 Å². The number of rotatable bonds is 6. The third-order valence-corrected chi connectivity index (χ3v) is 9.75. The zero-order valence-corrected chi connectivity index (χ0v) is 27.2. The van der Waals surface area contributed by atoms with E-state index in [2.05, 4.69) is 75.6 Å². The van der Waals surface area contributed by atoms with Crippen molar-refractivity contribution in [3.05, 3.63) is 75.7 Å². The molecule has 43 heavy (non-hydrogen) atoms. The molecular formula is C35H45N5O3. The summed E-state index contributed by atoms with van der Waals surface area (Å²) in [7, 11) is 1.38. The van der Waals surface area contributed by atoms with Crippen molar-refractivity contribution in [1.82, 2.24) is 14.9 Å². The fourth-order valence-electron chi connectivity index (χ4n) is 6.82. The summed E-state index contributed by atoms with van der Waals surface area (Å²) >= 11 is 0. The van der Waals surface area contributed by atoms with Gasteiger partial charge in [-0.2, -0.15) is 0 Å². The van der Waals surface area contributed by atoms with Gasteiger partial charge in [0.15, 0.2) is 0 Å². The van der Waals surface area contributed by atoms with Crippen molar-refractivity contribution in [1.29, 1.82) is 0 Å². The molecule has 2 aromatic heterocycles. The van der Waals surface area contributed by atoms with E-state index in [0.29, 0.717) is 36.6 Å².